The number of carbonyl (C=O) groups excluding carboxylic acids is 1. The van der Waals surface area contributed by atoms with E-state index >= 15 is 0 Å². The third-order valence-corrected chi connectivity index (χ3v) is 3.87. The van der Waals surface area contributed by atoms with E-state index in [-0.39, 0.29) is 16.3 Å². The normalized spacial score (nSPS) is 10.8. The minimum atomic E-state index is -0.689. The Hall–Kier alpha value is -3.08. The van der Waals surface area contributed by atoms with Gasteiger partial charge in [0.05, 0.1) is 17.1 Å². The molecule has 2 rings (SSSR count). The number of carbonyl (C=O) groups is 1. The average molecular weight is 392 g/mol. The molecule has 0 fully saturated rings. The summed E-state index contributed by atoms with van der Waals surface area (Å²) >= 11 is 11.7. The van der Waals surface area contributed by atoms with Gasteiger partial charge in [-0.2, -0.15) is 5.26 Å². The van der Waals surface area contributed by atoms with Crippen molar-refractivity contribution in [3.05, 3.63) is 67.7 Å². The number of nitro groups is 1. The van der Waals surface area contributed by atoms with E-state index in [1.54, 1.807) is 18.2 Å². The van der Waals surface area contributed by atoms with E-state index in [1.165, 1.54) is 37.5 Å². The molecule has 0 aliphatic heterocycles. The second kappa shape index (κ2) is 8.34. The van der Waals surface area contributed by atoms with Gasteiger partial charge in [-0.05, 0) is 35.9 Å². The molecule has 0 heterocycles. The predicted octanol–water partition coefficient (Wildman–Crippen LogP) is 4.46. The van der Waals surface area contributed by atoms with E-state index in [1.807, 2.05) is 0 Å². The Morgan fingerprint density at radius 1 is 1.27 bits per heavy atom. The van der Waals surface area contributed by atoms with Crippen LogP contribution >= 0.6 is 23.2 Å². The summed E-state index contributed by atoms with van der Waals surface area (Å²) in [6.07, 6.45) is 1.23. The Labute approximate surface area is 158 Å². The molecule has 0 aliphatic rings. The van der Waals surface area contributed by atoms with Gasteiger partial charge in [0, 0.05) is 11.8 Å². The van der Waals surface area contributed by atoms with Crippen LogP contribution in [0.1, 0.15) is 5.56 Å². The molecule has 0 aliphatic carbocycles. The van der Waals surface area contributed by atoms with Crippen LogP contribution in [0.3, 0.4) is 0 Å². The zero-order valence-electron chi connectivity index (χ0n) is 13.3. The lowest BCUT2D eigenvalue weighted by atomic mass is 10.1. The molecule has 0 unspecified atom stereocenters. The maximum atomic E-state index is 12.3. The van der Waals surface area contributed by atoms with Crippen LogP contribution in [0.15, 0.2) is 42.0 Å². The number of anilines is 1. The van der Waals surface area contributed by atoms with Crippen molar-refractivity contribution in [3.8, 4) is 11.8 Å². The fraction of sp³-hybridized carbons (Fsp3) is 0.0588. The number of rotatable bonds is 5. The molecule has 132 valence electrons. The van der Waals surface area contributed by atoms with E-state index < -0.39 is 10.8 Å². The number of benzene rings is 2. The lowest BCUT2D eigenvalue weighted by Gasteiger charge is -2.07. The topological polar surface area (TPSA) is 105 Å². The lowest BCUT2D eigenvalue weighted by Crippen LogP contribution is -2.13. The molecule has 26 heavy (non-hydrogen) atoms. The lowest BCUT2D eigenvalue weighted by molar-refractivity contribution is -0.384. The van der Waals surface area contributed by atoms with Crippen LogP contribution in [-0.2, 0) is 4.79 Å². The summed E-state index contributed by atoms with van der Waals surface area (Å²) in [4.78, 5) is 22.5. The third kappa shape index (κ3) is 4.51. The van der Waals surface area contributed by atoms with Gasteiger partial charge in [0.25, 0.3) is 11.6 Å². The number of hydrogen-bond donors (Lipinski definition) is 1. The first-order valence-corrected chi connectivity index (χ1v) is 7.82. The van der Waals surface area contributed by atoms with E-state index in [2.05, 4.69) is 5.32 Å². The molecule has 0 saturated carbocycles. The number of methoxy groups -OCH3 is 1. The van der Waals surface area contributed by atoms with E-state index in [9.17, 15) is 20.2 Å². The molecule has 2 aromatic rings. The van der Waals surface area contributed by atoms with Gasteiger partial charge in [0.2, 0.25) is 0 Å². The van der Waals surface area contributed by atoms with Gasteiger partial charge in [0.1, 0.15) is 22.4 Å². The summed E-state index contributed by atoms with van der Waals surface area (Å²) in [5.74, 6) is -0.250. The second-order valence-electron chi connectivity index (χ2n) is 4.94. The Morgan fingerprint density at radius 2 is 2.00 bits per heavy atom. The van der Waals surface area contributed by atoms with Crippen LogP contribution < -0.4 is 10.1 Å². The van der Waals surface area contributed by atoms with Gasteiger partial charge >= 0.3 is 0 Å². The Kier molecular flexibility index (Phi) is 6.17. The first-order chi connectivity index (χ1) is 12.3. The Morgan fingerprint density at radius 3 is 2.58 bits per heavy atom. The number of amides is 1. The summed E-state index contributed by atoms with van der Waals surface area (Å²) < 4.78 is 5.02. The smallest absolute Gasteiger partial charge is 0.288 e. The first-order valence-electron chi connectivity index (χ1n) is 7.06. The van der Waals surface area contributed by atoms with Gasteiger partial charge in [-0.15, -0.1) is 0 Å². The Bertz CT molecular complexity index is 952. The van der Waals surface area contributed by atoms with Gasteiger partial charge in [-0.1, -0.05) is 29.3 Å². The largest absolute Gasteiger partial charge is 0.495 e. The highest BCUT2D eigenvalue weighted by atomic mass is 35.5. The van der Waals surface area contributed by atoms with Crippen molar-refractivity contribution >= 4 is 46.6 Å². The molecule has 1 amide bonds. The van der Waals surface area contributed by atoms with Crippen LogP contribution in [0.25, 0.3) is 6.08 Å². The summed E-state index contributed by atoms with van der Waals surface area (Å²) in [5.41, 5.74) is 0.0956. The van der Waals surface area contributed by atoms with Crippen molar-refractivity contribution in [2.45, 2.75) is 0 Å². The van der Waals surface area contributed by atoms with Crippen molar-refractivity contribution in [1.82, 2.24) is 0 Å². The highest BCUT2D eigenvalue weighted by Crippen LogP contribution is 2.28. The maximum absolute atomic E-state index is 12.3. The molecule has 1 N–H and O–H groups in total. The monoisotopic (exact) mass is 391 g/mol. The van der Waals surface area contributed by atoms with Crippen molar-refractivity contribution in [3.63, 3.8) is 0 Å². The molecule has 0 aromatic heterocycles. The molecule has 2 aromatic carbocycles. The number of hydrogen-bond acceptors (Lipinski definition) is 5. The highest BCUT2D eigenvalue weighted by molar-refractivity contribution is 6.33. The number of ether oxygens (including phenoxy) is 1. The van der Waals surface area contributed by atoms with E-state index in [0.29, 0.717) is 22.0 Å². The summed E-state index contributed by atoms with van der Waals surface area (Å²) in [5, 5.41) is 22.9. The van der Waals surface area contributed by atoms with Crippen LogP contribution in [-0.4, -0.2) is 17.9 Å². The highest BCUT2D eigenvalue weighted by Gasteiger charge is 2.15. The minimum absolute atomic E-state index is 0.0389. The fourth-order valence-electron chi connectivity index (χ4n) is 2.02. The zero-order chi connectivity index (χ0) is 19.3. The number of nitrogens with one attached hydrogen (secondary N) is 1. The summed E-state index contributed by atoms with van der Waals surface area (Å²) in [6, 6.07) is 10.3. The fourth-order valence-corrected chi connectivity index (χ4v) is 2.46. The van der Waals surface area contributed by atoms with Gasteiger partial charge in [-0.25, -0.2) is 0 Å². The zero-order valence-corrected chi connectivity index (χ0v) is 14.8. The molecule has 0 bridgehead atoms. The number of nitrogens with zero attached hydrogens (tertiary/aromatic N) is 2. The summed E-state index contributed by atoms with van der Waals surface area (Å²) in [6.45, 7) is 0. The van der Waals surface area contributed by atoms with Gasteiger partial charge < -0.3 is 10.1 Å². The number of nitro benzene ring substituents is 1. The second-order valence-corrected chi connectivity index (χ2v) is 5.76. The van der Waals surface area contributed by atoms with Crippen LogP contribution in [0, 0.1) is 21.4 Å². The quantitative estimate of drug-likeness (QED) is 0.350. The standard InChI is InChI=1S/C17H11Cl2N3O4/c1-26-16-5-3-12(8-14(16)19)21-17(23)11(9-20)6-10-2-4-13(18)15(7-10)22(24)25/h2-8H,1H3,(H,21,23)/b11-6+. The molecule has 7 nitrogen and oxygen atoms in total. The van der Waals surface area contributed by atoms with Crippen molar-refractivity contribution < 1.29 is 14.5 Å². The molecule has 0 radical (unpaired) electrons. The maximum Gasteiger partial charge on any atom is 0.288 e. The molecular weight excluding hydrogens is 381 g/mol. The number of nitriles is 1. The molecule has 0 atom stereocenters. The van der Waals surface area contributed by atoms with Gasteiger partial charge in [0.15, 0.2) is 0 Å². The SMILES string of the molecule is COc1ccc(NC(=O)/C(C#N)=C/c2ccc(Cl)c([N+](=O)[O-])c2)cc1Cl. The average Bonchev–Trinajstić information content (AvgIpc) is 2.60. The molecule has 0 spiro atoms. The van der Waals surface area contributed by atoms with Crippen LogP contribution in [0.5, 0.6) is 5.75 Å². The summed E-state index contributed by atoms with van der Waals surface area (Å²) in [7, 11) is 1.46. The van der Waals surface area contributed by atoms with E-state index in [4.69, 9.17) is 27.9 Å². The van der Waals surface area contributed by atoms with E-state index in [0.717, 1.165) is 0 Å². The van der Waals surface area contributed by atoms with Crippen LogP contribution in [0.4, 0.5) is 11.4 Å². The Balaban J connectivity index is 2.27. The van der Waals surface area contributed by atoms with Crippen molar-refractivity contribution in [2.24, 2.45) is 0 Å². The van der Waals surface area contributed by atoms with Crippen molar-refractivity contribution in [1.29, 1.82) is 5.26 Å². The minimum Gasteiger partial charge on any atom is -0.495 e. The van der Waals surface area contributed by atoms with Gasteiger partial charge in [-0.3, -0.25) is 14.9 Å². The third-order valence-electron chi connectivity index (χ3n) is 3.25. The number of halogens is 2. The first kappa shape index (κ1) is 19.2. The molecule has 0 saturated heterocycles. The van der Waals surface area contributed by atoms with Crippen LogP contribution in [0.2, 0.25) is 10.0 Å². The predicted molar refractivity (Wildman–Crippen MR) is 98.3 cm³/mol. The molecule has 9 heteroatoms. The van der Waals surface area contributed by atoms with Crippen molar-refractivity contribution in [2.75, 3.05) is 12.4 Å². The molecular formula is C17H11Cl2N3O4.